The smallest absolute Gasteiger partial charge is 0.232 e. The summed E-state index contributed by atoms with van der Waals surface area (Å²) in [5.41, 5.74) is 1.58. The third kappa shape index (κ3) is 3.40. The van der Waals surface area contributed by atoms with Gasteiger partial charge in [-0.3, -0.25) is 4.72 Å². The van der Waals surface area contributed by atoms with E-state index in [0.717, 1.165) is 10.9 Å². The van der Waals surface area contributed by atoms with Gasteiger partial charge in [0.1, 0.15) is 0 Å². The Morgan fingerprint density at radius 2 is 2.06 bits per heavy atom. The van der Waals surface area contributed by atoms with Crippen LogP contribution in [0.3, 0.4) is 0 Å². The standard InChI is InChI=1S/C12H15ClN2O2S/c13-6-1-2-8-18(16,17)15-11-3-4-12-10(9-11)5-7-14-12/h3-5,7,9,14-15H,1-2,6,8H2. The van der Waals surface area contributed by atoms with E-state index in [9.17, 15) is 8.42 Å². The Balaban J connectivity index is 2.07. The largest absolute Gasteiger partial charge is 0.361 e. The molecule has 0 amide bonds. The molecule has 18 heavy (non-hydrogen) atoms. The number of alkyl halides is 1. The fourth-order valence-corrected chi connectivity index (χ4v) is 3.10. The second-order valence-electron chi connectivity index (χ2n) is 4.10. The van der Waals surface area contributed by atoms with Crippen LogP contribution in [0.2, 0.25) is 0 Å². The number of hydrogen-bond donors (Lipinski definition) is 2. The lowest BCUT2D eigenvalue weighted by Gasteiger charge is -2.07. The zero-order valence-corrected chi connectivity index (χ0v) is 11.4. The Bertz CT molecular complexity index is 622. The summed E-state index contributed by atoms with van der Waals surface area (Å²) in [6, 6.07) is 7.31. The van der Waals surface area contributed by atoms with E-state index in [1.165, 1.54) is 0 Å². The molecule has 0 saturated carbocycles. The molecule has 1 aromatic carbocycles. The van der Waals surface area contributed by atoms with Crippen molar-refractivity contribution in [1.29, 1.82) is 0 Å². The summed E-state index contributed by atoms with van der Waals surface area (Å²) in [6.45, 7) is 0. The van der Waals surface area contributed by atoms with Gasteiger partial charge in [0.2, 0.25) is 10.0 Å². The molecule has 2 N–H and O–H groups in total. The predicted molar refractivity (Wildman–Crippen MR) is 75.7 cm³/mol. The molecule has 0 fully saturated rings. The first-order chi connectivity index (χ1) is 8.61. The monoisotopic (exact) mass is 286 g/mol. The Morgan fingerprint density at radius 1 is 1.22 bits per heavy atom. The molecule has 1 heterocycles. The molecule has 0 spiro atoms. The molecule has 0 radical (unpaired) electrons. The third-order valence-corrected chi connectivity index (χ3v) is 4.26. The number of benzene rings is 1. The highest BCUT2D eigenvalue weighted by atomic mass is 35.5. The van der Waals surface area contributed by atoms with Crippen LogP contribution in [-0.2, 0) is 10.0 Å². The van der Waals surface area contributed by atoms with Crippen molar-refractivity contribution < 1.29 is 8.42 Å². The SMILES string of the molecule is O=S(=O)(CCCCCl)Nc1ccc2[nH]ccc2c1. The number of halogens is 1. The van der Waals surface area contributed by atoms with Gasteiger partial charge in [-0.15, -0.1) is 11.6 Å². The van der Waals surface area contributed by atoms with E-state index in [2.05, 4.69) is 9.71 Å². The minimum absolute atomic E-state index is 0.102. The van der Waals surface area contributed by atoms with Crippen LogP contribution in [0.25, 0.3) is 10.9 Å². The minimum atomic E-state index is -3.28. The molecule has 1 aromatic heterocycles. The third-order valence-electron chi connectivity index (χ3n) is 2.62. The molecule has 0 aliphatic carbocycles. The molecule has 4 nitrogen and oxygen atoms in total. The Morgan fingerprint density at radius 3 is 2.83 bits per heavy atom. The molecule has 2 aromatic rings. The van der Waals surface area contributed by atoms with Gasteiger partial charge in [-0.2, -0.15) is 0 Å². The maximum atomic E-state index is 11.8. The fraction of sp³-hybridized carbons (Fsp3) is 0.333. The molecule has 0 unspecified atom stereocenters. The van der Waals surface area contributed by atoms with E-state index in [4.69, 9.17) is 11.6 Å². The van der Waals surface area contributed by atoms with Gasteiger partial charge in [0.05, 0.1) is 5.75 Å². The molecule has 0 bridgehead atoms. The number of aromatic nitrogens is 1. The predicted octanol–water partition coefficient (Wildman–Crippen LogP) is 2.93. The molecule has 98 valence electrons. The van der Waals surface area contributed by atoms with Crippen molar-refractivity contribution in [2.45, 2.75) is 12.8 Å². The van der Waals surface area contributed by atoms with Crippen molar-refractivity contribution in [1.82, 2.24) is 4.98 Å². The van der Waals surface area contributed by atoms with Gasteiger partial charge in [-0.05, 0) is 37.1 Å². The van der Waals surface area contributed by atoms with E-state index in [-0.39, 0.29) is 5.75 Å². The summed E-state index contributed by atoms with van der Waals surface area (Å²) < 4.78 is 26.1. The average Bonchev–Trinajstić information content (AvgIpc) is 2.75. The summed E-state index contributed by atoms with van der Waals surface area (Å²) in [6.07, 6.45) is 3.11. The lowest BCUT2D eigenvalue weighted by molar-refractivity contribution is 0.598. The fourth-order valence-electron chi connectivity index (χ4n) is 1.73. The molecule has 0 aliphatic heterocycles. The van der Waals surface area contributed by atoms with Crippen molar-refractivity contribution in [3.63, 3.8) is 0 Å². The van der Waals surface area contributed by atoms with Crippen molar-refractivity contribution in [3.05, 3.63) is 30.5 Å². The zero-order chi connectivity index (χ0) is 13.0. The second kappa shape index (κ2) is 5.63. The lowest BCUT2D eigenvalue weighted by atomic mass is 10.2. The van der Waals surface area contributed by atoms with Crippen LogP contribution < -0.4 is 4.72 Å². The van der Waals surface area contributed by atoms with E-state index in [1.807, 2.05) is 24.4 Å². The van der Waals surface area contributed by atoms with E-state index in [1.54, 1.807) is 6.07 Å². The Labute approximate surface area is 111 Å². The van der Waals surface area contributed by atoms with Gasteiger partial charge >= 0.3 is 0 Å². The molecule has 2 rings (SSSR count). The van der Waals surface area contributed by atoms with Gasteiger partial charge in [0.15, 0.2) is 0 Å². The summed E-state index contributed by atoms with van der Waals surface area (Å²) in [4.78, 5) is 3.06. The van der Waals surface area contributed by atoms with E-state index in [0.29, 0.717) is 24.4 Å². The summed E-state index contributed by atoms with van der Waals surface area (Å²) in [5.74, 6) is 0.593. The maximum absolute atomic E-state index is 11.8. The lowest BCUT2D eigenvalue weighted by Crippen LogP contribution is -2.16. The number of nitrogens with one attached hydrogen (secondary N) is 2. The van der Waals surface area contributed by atoms with Crippen molar-refractivity contribution in [3.8, 4) is 0 Å². The highest BCUT2D eigenvalue weighted by Gasteiger charge is 2.10. The number of anilines is 1. The van der Waals surface area contributed by atoms with Crippen LogP contribution in [0.15, 0.2) is 30.5 Å². The average molecular weight is 287 g/mol. The number of H-pyrrole nitrogens is 1. The van der Waals surface area contributed by atoms with Crippen LogP contribution in [-0.4, -0.2) is 25.0 Å². The van der Waals surface area contributed by atoms with Crippen LogP contribution in [0.1, 0.15) is 12.8 Å². The van der Waals surface area contributed by atoms with Crippen molar-refractivity contribution >= 4 is 38.2 Å². The van der Waals surface area contributed by atoms with Crippen LogP contribution in [0.5, 0.6) is 0 Å². The Kier molecular flexibility index (Phi) is 4.14. The first kappa shape index (κ1) is 13.2. The number of aromatic amines is 1. The number of hydrogen-bond acceptors (Lipinski definition) is 2. The summed E-state index contributed by atoms with van der Waals surface area (Å²) in [7, 11) is -3.28. The van der Waals surface area contributed by atoms with Crippen LogP contribution >= 0.6 is 11.6 Å². The van der Waals surface area contributed by atoms with Gasteiger partial charge in [-0.1, -0.05) is 0 Å². The molecular formula is C12H15ClN2O2S. The first-order valence-corrected chi connectivity index (χ1v) is 7.93. The minimum Gasteiger partial charge on any atom is -0.361 e. The maximum Gasteiger partial charge on any atom is 0.232 e. The van der Waals surface area contributed by atoms with Crippen LogP contribution in [0.4, 0.5) is 5.69 Å². The quantitative estimate of drug-likeness (QED) is 0.633. The topological polar surface area (TPSA) is 62.0 Å². The van der Waals surface area contributed by atoms with Crippen LogP contribution in [0, 0.1) is 0 Å². The van der Waals surface area contributed by atoms with Gasteiger partial charge in [0.25, 0.3) is 0 Å². The molecule has 0 saturated heterocycles. The first-order valence-electron chi connectivity index (χ1n) is 5.74. The summed E-state index contributed by atoms with van der Waals surface area (Å²) in [5, 5.41) is 0.982. The van der Waals surface area contributed by atoms with Gasteiger partial charge in [0, 0.05) is 28.7 Å². The normalized spacial score (nSPS) is 11.8. The number of sulfonamides is 1. The molecule has 0 atom stereocenters. The van der Waals surface area contributed by atoms with Crippen molar-refractivity contribution in [2.75, 3.05) is 16.4 Å². The highest BCUT2D eigenvalue weighted by Crippen LogP contribution is 2.19. The zero-order valence-electron chi connectivity index (χ0n) is 9.82. The van der Waals surface area contributed by atoms with Gasteiger partial charge < -0.3 is 4.98 Å². The highest BCUT2D eigenvalue weighted by molar-refractivity contribution is 7.92. The molecule has 6 heteroatoms. The number of unbranched alkanes of at least 4 members (excludes halogenated alkanes) is 1. The van der Waals surface area contributed by atoms with E-state index < -0.39 is 10.0 Å². The van der Waals surface area contributed by atoms with Crippen molar-refractivity contribution in [2.24, 2.45) is 0 Å². The number of fused-ring (bicyclic) bond motifs is 1. The molecule has 0 aliphatic rings. The van der Waals surface area contributed by atoms with E-state index >= 15 is 0 Å². The Hall–Kier alpha value is -1.20. The molecular weight excluding hydrogens is 272 g/mol. The number of rotatable bonds is 6. The van der Waals surface area contributed by atoms with Gasteiger partial charge in [-0.25, -0.2) is 8.42 Å². The summed E-state index contributed by atoms with van der Waals surface area (Å²) >= 11 is 5.52. The second-order valence-corrected chi connectivity index (χ2v) is 6.32.